The molecular formula is C11H12N2O2S. The molecular weight excluding hydrogens is 224 g/mol. The number of H-pyrrole nitrogens is 2. The fourth-order valence-corrected chi connectivity index (χ4v) is 1.93. The number of rotatable bonds is 4. The van der Waals surface area contributed by atoms with Gasteiger partial charge in [-0.05, 0) is 24.5 Å². The third-order valence-electron chi connectivity index (χ3n) is 2.37. The van der Waals surface area contributed by atoms with Gasteiger partial charge in [-0.1, -0.05) is 0 Å². The van der Waals surface area contributed by atoms with Gasteiger partial charge in [0.2, 0.25) is 0 Å². The number of hydrogen-bond donors (Lipinski definition) is 2. The molecule has 2 aromatic rings. The fraction of sp³-hybridized carbons (Fsp3) is 0.273. The van der Waals surface area contributed by atoms with Crippen molar-refractivity contribution in [2.24, 2.45) is 0 Å². The molecule has 2 N–H and O–H groups in total. The molecule has 0 saturated heterocycles. The average molecular weight is 236 g/mol. The Labute approximate surface area is 96.4 Å². The van der Waals surface area contributed by atoms with Gasteiger partial charge in [0.15, 0.2) is 5.78 Å². The van der Waals surface area contributed by atoms with E-state index in [1.807, 2.05) is 6.26 Å². The molecule has 1 aromatic carbocycles. The van der Waals surface area contributed by atoms with Crippen LogP contribution in [-0.2, 0) is 0 Å². The minimum atomic E-state index is -0.247. The van der Waals surface area contributed by atoms with E-state index in [4.69, 9.17) is 0 Å². The van der Waals surface area contributed by atoms with Crippen molar-refractivity contribution in [3.8, 4) is 0 Å². The highest BCUT2D eigenvalue weighted by Crippen LogP contribution is 2.12. The second kappa shape index (κ2) is 4.57. The Kier molecular flexibility index (Phi) is 3.14. The third-order valence-corrected chi connectivity index (χ3v) is 2.98. The summed E-state index contributed by atoms with van der Waals surface area (Å²) in [5.74, 6) is 0.930. The van der Waals surface area contributed by atoms with E-state index in [1.54, 1.807) is 30.0 Å². The number of aromatic nitrogens is 2. The Morgan fingerprint density at radius 2 is 2.06 bits per heavy atom. The van der Waals surface area contributed by atoms with Crippen LogP contribution in [0.4, 0.5) is 0 Å². The van der Waals surface area contributed by atoms with Gasteiger partial charge in [-0.15, -0.1) is 0 Å². The molecule has 0 amide bonds. The number of imidazole rings is 1. The van der Waals surface area contributed by atoms with E-state index in [1.165, 1.54) is 0 Å². The number of thioether (sulfide) groups is 1. The number of carbonyl (C=O) groups excluding carboxylic acids is 1. The maximum Gasteiger partial charge on any atom is 0.323 e. The Balaban J connectivity index is 2.31. The Bertz CT molecular complexity index is 571. The molecule has 5 heteroatoms. The molecule has 0 aliphatic carbocycles. The van der Waals surface area contributed by atoms with Crippen LogP contribution in [-0.4, -0.2) is 27.8 Å². The van der Waals surface area contributed by atoms with E-state index in [9.17, 15) is 9.59 Å². The van der Waals surface area contributed by atoms with Crippen LogP contribution in [0.3, 0.4) is 0 Å². The number of aromatic amines is 2. The van der Waals surface area contributed by atoms with Crippen LogP contribution in [0.2, 0.25) is 0 Å². The Morgan fingerprint density at radius 3 is 2.81 bits per heavy atom. The largest absolute Gasteiger partial charge is 0.323 e. The van der Waals surface area contributed by atoms with Crippen molar-refractivity contribution < 1.29 is 4.79 Å². The molecule has 0 aliphatic rings. The lowest BCUT2D eigenvalue weighted by Crippen LogP contribution is -2.00. The molecule has 0 atom stereocenters. The van der Waals surface area contributed by atoms with E-state index in [0.717, 1.165) is 11.3 Å². The molecule has 0 bridgehead atoms. The summed E-state index contributed by atoms with van der Waals surface area (Å²) in [5.41, 5.74) is 1.81. The van der Waals surface area contributed by atoms with Gasteiger partial charge in [-0.2, -0.15) is 11.8 Å². The van der Waals surface area contributed by atoms with Gasteiger partial charge in [0, 0.05) is 17.7 Å². The van der Waals surface area contributed by atoms with E-state index in [2.05, 4.69) is 9.97 Å². The molecule has 0 saturated carbocycles. The van der Waals surface area contributed by atoms with Crippen LogP contribution in [0, 0.1) is 0 Å². The van der Waals surface area contributed by atoms with Crippen LogP contribution in [0.1, 0.15) is 16.8 Å². The smallest absolute Gasteiger partial charge is 0.306 e. The first-order valence-corrected chi connectivity index (χ1v) is 6.34. The third kappa shape index (κ3) is 2.19. The van der Waals surface area contributed by atoms with E-state index in [-0.39, 0.29) is 11.5 Å². The van der Waals surface area contributed by atoms with Crippen LogP contribution < -0.4 is 5.69 Å². The minimum Gasteiger partial charge on any atom is -0.306 e. The van der Waals surface area contributed by atoms with Gasteiger partial charge in [0.05, 0.1) is 11.0 Å². The lowest BCUT2D eigenvalue weighted by atomic mass is 10.1. The molecule has 0 fully saturated rings. The number of Topliss-reactive ketones (excluding diaryl/α,β-unsaturated/α-hetero) is 1. The molecule has 0 unspecified atom stereocenters. The first kappa shape index (κ1) is 11.0. The summed E-state index contributed by atoms with van der Waals surface area (Å²) in [7, 11) is 0. The summed E-state index contributed by atoms with van der Waals surface area (Å²) >= 11 is 1.65. The zero-order valence-electron chi connectivity index (χ0n) is 8.87. The van der Waals surface area contributed by atoms with Crippen LogP contribution in [0.15, 0.2) is 23.0 Å². The van der Waals surface area contributed by atoms with Crippen molar-refractivity contribution in [1.29, 1.82) is 0 Å². The average Bonchev–Trinajstić information content (AvgIpc) is 2.64. The molecule has 0 aliphatic heterocycles. The van der Waals surface area contributed by atoms with Gasteiger partial charge < -0.3 is 9.97 Å². The fourth-order valence-electron chi connectivity index (χ4n) is 1.55. The van der Waals surface area contributed by atoms with Crippen molar-refractivity contribution in [3.05, 3.63) is 34.2 Å². The molecule has 16 heavy (non-hydrogen) atoms. The predicted molar refractivity (Wildman–Crippen MR) is 66.2 cm³/mol. The van der Waals surface area contributed by atoms with Crippen molar-refractivity contribution in [2.45, 2.75) is 6.42 Å². The topological polar surface area (TPSA) is 65.7 Å². The normalized spacial score (nSPS) is 10.8. The van der Waals surface area contributed by atoms with Gasteiger partial charge >= 0.3 is 5.69 Å². The highest BCUT2D eigenvalue weighted by atomic mass is 32.2. The lowest BCUT2D eigenvalue weighted by molar-refractivity contribution is 0.0989. The van der Waals surface area contributed by atoms with Gasteiger partial charge in [-0.25, -0.2) is 4.79 Å². The van der Waals surface area contributed by atoms with Gasteiger partial charge in [-0.3, -0.25) is 4.79 Å². The monoisotopic (exact) mass is 236 g/mol. The maximum absolute atomic E-state index is 11.7. The highest BCUT2D eigenvalue weighted by Gasteiger charge is 2.07. The van der Waals surface area contributed by atoms with Crippen molar-refractivity contribution in [2.75, 3.05) is 12.0 Å². The number of ketones is 1. The first-order valence-electron chi connectivity index (χ1n) is 4.95. The van der Waals surface area contributed by atoms with Crippen LogP contribution in [0.25, 0.3) is 11.0 Å². The van der Waals surface area contributed by atoms with Gasteiger partial charge in [0.1, 0.15) is 0 Å². The van der Waals surface area contributed by atoms with E-state index in [0.29, 0.717) is 17.5 Å². The van der Waals surface area contributed by atoms with Crippen LogP contribution >= 0.6 is 11.8 Å². The summed E-state index contributed by atoms with van der Waals surface area (Å²) < 4.78 is 0. The predicted octanol–water partition coefficient (Wildman–Crippen LogP) is 1.79. The highest BCUT2D eigenvalue weighted by molar-refractivity contribution is 7.98. The number of hydrogen-bond acceptors (Lipinski definition) is 3. The number of fused-ring (bicyclic) bond motifs is 1. The molecule has 0 radical (unpaired) electrons. The summed E-state index contributed by atoms with van der Waals surface area (Å²) in [4.78, 5) is 28.1. The second-order valence-corrected chi connectivity index (χ2v) is 4.49. The summed E-state index contributed by atoms with van der Waals surface area (Å²) in [6.07, 6.45) is 2.50. The molecule has 0 spiro atoms. The molecule has 4 nitrogen and oxygen atoms in total. The van der Waals surface area contributed by atoms with E-state index < -0.39 is 0 Å². The minimum absolute atomic E-state index is 0.110. The van der Waals surface area contributed by atoms with Crippen LogP contribution in [0.5, 0.6) is 0 Å². The SMILES string of the molecule is CSCCC(=O)c1ccc2[nH]c(=O)[nH]c2c1. The zero-order chi connectivity index (χ0) is 11.5. The Hall–Kier alpha value is -1.49. The van der Waals surface area contributed by atoms with Crippen molar-refractivity contribution >= 4 is 28.6 Å². The van der Waals surface area contributed by atoms with Crippen molar-refractivity contribution in [1.82, 2.24) is 9.97 Å². The lowest BCUT2D eigenvalue weighted by Gasteiger charge is -1.99. The summed E-state index contributed by atoms with van der Waals surface area (Å²) in [5, 5.41) is 0. The summed E-state index contributed by atoms with van der Waals surface area (Å²) in [6, 6.07) is 5.21. The number of carbonyl (C=O) groups is 1. The van der Waals surface area contributed by atoms with Gasteiger partial charge in [0.25, 0.3) is 0 Å². The summed E-state index contributed by atoms with van der Waals surface area (Å²) in [6.45, 7) is 0. The molecule has 1 aromatic heterocycles. The number of benzene rings is 1. The second-order valence-electron chi connectivity index (χ2n) is 3.51. The standard InChI is InChI=1S/C11H12N2O2S/c1-16-5-4-10(14)7-2-3-8-9(6-7)13-11(15)12-8/h2-3,6H,4-5H2,1H3,(H2,12,13,15). The molecule has 1 heterocycles. The molecule has 84 valence electrons. The van der Waals surface area contributed by atoms with Crippen molar-refractivity contribution in [3.63, 3.8) is 0 Å². The maximum atomic E-state index is 11.7. The Morgan fingerprint density at radius 1 is 1.31 bits per heavy atom. The zero-order valence-corrected chi connectivity index (χ0v) is 9.69. The quantitative estimate of drug-likeness (QED) is 0.795. The first-order chi connectivity index (χ1) is 7.70. The van der Waals surface area contributed by atoms with E-state index >= 15 is 0 Å². The molecule has 2 rings (SSSR count). The number of nitrogens with one attached hydrogen (secondary N) is 2.